The number of halogens is 1. The number of aromatic amines is 1. The summed E-state index contributed by atoms with van der Waals surface area (Å²) in [5.74, 6) is 1.12. The molecule has 158 valence electrons. The van der Waals surface area contributed by atoms with Crippen LogP contribution in [0.15, 0.2) is 54.9 Å². The molecule has 3 heterocycles. The van der Waals surface area contributed by atoms with Crippen LogP contribution in [0.25, 0.3) is 22.6 Å². The van der Waals surface area contributed by atoms with E-state index in [1.54, 1.807) is 49.8 Å². The minimum absolute atomic E-state index is 0.301. The smallest absolute Gasteiger partial charge is 0.257 e. The van der Waals surface area contributed by atoms with Gasteiger partial charge >= 0.3 is 0 Å². The molecule has 0 fully saturated rings. The number of rotatable bonds is 8. The third kappa shape index (κ3) is 4.99. The Balaban J connectivity index is 1.51. The Morgan fingerprint density at radius 2 is 2.06 bits per heavy atom. The zero-order chi connectivity index (χ0) is 21.6. The number of H-pyrrole nitrogens is 1. The average molecular weight is 437 g/mol. The zero-order valence-electron chi connectivity index (χ0n) is 16.9. The van der Waals surface area contributed by atoms with Crippen LogP contribution < -0.4 is 10.6 Å². The van der Waals surface area contributed by atoms with E-state index in [4.69, 9.17) is 16.3 Å². The maximum Gasteiger partial charge on any atom is 0.257 e. The van der Waals surface area contributed by atoms with Crippen molar-refractivity contribution in [1.29, 1.82) is 0 Å². The number of pyridine rings is 2. The van der Waals surface area contributed by atoms with Crippen molar-refractivity contribution in [2.75, 3.05) is 30.9 Å². The van der Waals surface area contributed by atoms with Crippen LogP contribution in [0.4, 0.5) is 11.5 Å². The molecule has 4 rings (SSSR count). The molecule has 0 bridgehead atoms. The Labute approximate surface area is 184 Å². The molecular formula is C22H21ClN6O2. The van der Waals surface area contributed by atoms with E-state index in [1.807, 2.05) is 12.1 Å². The molecule has 0 atom stereocenters. The van der Waals surface area contributed by atoms with Crippen LogP contribution in [0.5, 0.6) is 0 Å². The first-order valence-electron chi connectivity index (χ1n) is 9.75. The summed E-state index contributed by atoms with van der Waals surface area (Å²) in [6, 6.07) is 12.5. The molecule has 0 unspecified atom stereocenters. The highest BCUT2D eigenvalue weighted by Crippen LogP contribution is 2.23. The minimum Gasteiger partial charge on any atom is -0.385 e. The van der Waals surface area contributed by atoms with Gasteiger partial charge in [0, 0.05) is 32.0 Å². The third-order valence-electron chi connectivity index (χ3n) is 4.58. The van der Waals surface area contributed by atoms with Crippen LogP contribution >= 0.6 is 11.6 Å². The molecule has 0 radical (unpaired) electrons. The van der Waals surface area contributed by atoms with Gasteiger partial charge in [0.05, 0.1) is 28.0 Å². The highest BCUT2D eigenvalue weighted by molar-refractivity contribution is 6.34. The van der Waals surface area contributed by atoms with Crippen molar-refractivity contribution in [1.82, 2.24) is 19.9 Å². The van der Waals surface area contributed by atoms with Crippen LogP contribution in [-0.2, 0) is 4.74 Å². The van der Waals surface area contributed by atoms with Crippen molar-refractivity contribution in [3.63, 3.8) is 0 Å². The fourth-order valence-corrected chi connectivity index (χ4v) is 3.28. The Kier molecular flexibility index (Phi) is 6.40. The van der Waals surface area contributed by atoms with E-state index in [0.29, 0.717) is 39.9 Å². The molecule has 0 spiro atoms. The second kappa shape index (κ2) is 9.55. The summed E-state index contributed by atoms with van der Waals surface area (Å²) in [4.78, 5) is 29.0. The number of aromatic nitrogens is 4. The van der Waals surface area contributed by atoms with Crippen LogP contribution in [0.3, 0.4) is 0 Å². The average Bonchev–Trinajstić information content (AvgIpc) is 3.21. The number of carbonyl (C=O) groups excluding carboxylic acids is 1. The molecule has 0 aliphatic heterocycles. The lowest BCUT2D eigenvalue weighted by Crippen LogP contribution is -2.12. The van der Waals surface area contributed by atoms with Crippen molar-refractivity contribution in [3.05, 3.63) is 65.4 Å². The number of imidazole rings is 1. The second-order valence-corrected chi connectivity index (χ2v) is 7.22. The Hall–Kier alpha value is -3.49. The van der Waals surface area contributed by atoms with Gasteiger partial charge in [-0.2, -0.15) is 0 Å². The Morgan fingerprint density at radius 3 is 2.90 bits per heavy atom. The van der Waals surface area contributed by atoms with Crippen molar-refractivity contribution in [2.45, 2.75) is 6.42 Å². The lowest BCUT2D eigenvalue weighted by Gasteiger charge is -2.06. The molecule has 4 aromatic rings. The van der Waals surface area contributed by atoms with E-state index in [-0.39, 0.29) is 5.91 Å². The van der Waals surface area contributed by atoms with Gasteiger partial charge in [-0.15, -0.1) is 0 Å². The van der Waals surface area contributed by atoms with E-state index >= 15 is 0 Å². The third-order valence-corrected chi connectivity index (χ3v) is 4.91. The molecule has 3 aromatic heterocycles. The van der Waals surface area contributed by atoms with Crippen LogP contribution in [0.2, 0.25) is 5.02 Å². The fraction of sp³-hybridized carbons (Fsp3) is 0.182. The van der Waals surface area contributed by atoms with E-state index in [2.05, 4.69) is 30.6 Å². The van der Waals surface area contributed by atoms with Crippen LogP contribution in [0.1, 0.15) is 16.8 Å². The number of nitrogens with zero attached hydrogens (tertiary/aromatic N) is 3. The monoisotopic (exact) mass is 436 g/mol. The predicted molar refractivity (Wildman–Crippen MR) is 122 cm³/mol. The fourth-order valence-electron chi connectivity index (χ4n) is 3.06. The van der Waals surface area contributed by atoms with Gasteiger partial charge in [0.25, 0.3) is 5.91 Å². The molecular weight excluding hydrogens is 416 g/mol. The number of hydrogen-bond donors (Lipinski definition) is 3. The molecule has 31 heavy (non-hydrogen) atoms. The van der Waals surface area contributed by atoms with Gasteiger partial charge in [0.1, 0.15) is 11.6 Å². The summed E-state index contributed by atoms with van der Waals surface area (Å²) in [6.45, 7) is 1.46. The maximum atomic E-state index is 12.5. The number of benzene rings is 1. The molecule has 0 saturated heterocycles. The summed E-state index contributed by atoms with van der Waals surface area (Å²) >= 11 is 6.10. The van der Waals surface area contributed by atoms with Crippen molar-refractivity contribution >= 4 is 40.2 Å². The number of amides is 1. The van der Waals surface area contributed by atoms with E-state index in [1.165, 1.54) is 0 Å². The first-order chi connectivity index (χ1) is 15.1. The lowest BCUT2D eigenvalue weighted by atomic mass is 10.2. The number of carbonyl (C=O) groups is 1. The topological polar surface area (TPSA) is 105 Å². The molecule has 9 heteroatoms. The van der Waals surface area contributed by atoms with Gasteiger partial charge in [-0.05, 0) is 36.8 Å². The Morgan fingerprint density at radius 1 is 1.19 bits per heavy atom. The van der Waals surface area contributed by atoms with Gasteiger partial charge in [-0.3, -0.25) is 4.79 Å². The molecule has 0 saturated carbocycles. The molecule has 1 aromatic carbocycles. The quantitative estimate of drug-likeness (QED) is 0.354. The van der Waals surface area contributed by atoms with Crippen LogP contribution in [0, 0.1) is 0 Å². The summed E-state index contributed by atoms with van der Waals surface area (Å²) in [6.07, 6.45) is 4.18. The second-order valence-electron chi connectivity index (χ2n) is 6.82. The highest BCUT2D eigenvalue weighted by atomic mass is 35.5. The number of ether oxygens (including phenoxy) is 1. The summed E-state index contributed by atoms with van der Waals surface area (Å²) in [5, 5.41) is 6.48. The van der Waals surface area contributed by atoms with Crippen molar-refractivity contribution in [3.8, 4) is 11.4 Å². The number of anilines is 2. The van der Waals surface area contributed by atoms with Gasteiger partial charge in [0.15, 0.2) is 5.65 Å². The molecule has 1 amide bonds. The summed E-state index contributed by atoms with van der Waals surface area (Å²) < 4.78 is 5.06. The lowest BCUT2D eigenvalue weighted by molar-refractivity contribution is 0.102. The van der Waals surface area contributed by atoms with Gasteiger partial charge in [-0.25, -0.2) is 15.0 Å². The largest absolute Gasteiger partial charge is 0.385 e. The number of methoxy groups -OCH3 is 1. The first kappa shape index (κ1) is 20.8. The molecule has 3 N–H and O–H groups in total. The minimum atomic E-state index is -0.301. The molecule has 0 aliphatic carbocycles. The van der Waals surface area contributed by atoms with Crippen molar-refractivity contribution in [2.24, 2.45) is 0 Å². The predicted octanol–water partition coefficient (Wildman–Crippen LogP) is 4.37. The number of nitrogens with one attached hydrogen (secondary N) is 3. The Bertz CT molecular complexity index is 1210. The first-order valence-corrected chi connectivity index (χ1v) is 10.1. The van der Waals surface area contributed by atoms with Crippen molar-refractivity contribution < 1.29 is 9.53 Å². The summed E-state index contributed by atoms with van der Waals surface area (Å²) in [7, 11) is 1.68. The van der Waals surface area contributed by atoms with E-state index in [9.17, 15) is 4.79 Å². The van der Waals surface area contributed by atoms with Crippen LogP contribution in [-0.4, -0.2) is 46.1 Å². The SMILES string of the molecule is COCCCNc1cc(-c2nc3ncc(NC(=O)c4ccccc4Cl)cc3[nH]2)ccn1. The number of hydrogen-bond acceptors (Lipinski definition) is 6. The molecule has 0 aliphatic rings. The highest BCUT2D eigenvalue weighted by Gasteiger charge is 2.12. The standard InChI is InChI=1S/C22H21ClN6O2/c1-31-10-4-8-24-19-11-14(7-9-25-19)20-28-18-12-15(13-26-21(18)29-20)27-22(30)16-5-2-3-6-17(16)23/h2-3,5-7,9,11-13H,4,8,10H2,1H3,(H,24,25)(H,27,30)(H,26,28,29). The maximum absolute atomic E-state index is 12.5. The molecule has 8 nitrogen and oxygen atoms in total. The zero-order valence-corrected chi connectivity index (χ0v) is 17.6. The van der Waals surface area contributed by atoms with Gasteiger partial charge in [0.2, 0.25) is 0 Å². The normalized spacial score (nSPS) is 10.9. The van der Waals surface area contributed by atoms with Gasteiger partial charge < -0.3 is 20.4 Å². The van der Waals surface area contributed by atoms with Gasteiger partial charge in [-0.1, -0.05) is 23.7 Å². The van der Waals surface area contributed by atoms with E-state index in [0.717, 1.165) is 24.3 Å². The number of fused-ring (bicyclic) bond motifs is 1. The van der Waals surface area contributed by atoms with E-state index < -0.39 is 0 Å². The summed E-state index contributed by atoms with van der Waals surface area (Å²) in [5.41, 5.74) is 3.08.